The molecule has 0 spiro atoms. The highest BCUT2D eigenvalue weighted by molar-refractivity contribution is 4.92. The fourth-order valence-electron chi connectivity index (χ4n) is 2.39. The molecule has 1 aromatic rings. The molecular weight excluding hydrogens is 186 g/mol. The highest BCUT2D eigenvalue weighted by atomic mass is 15.0. The second-order valence-corrected chi connectivity index (χ2v) is 4.72. The molecule has 84 valence electrons. The van der Waals surface area contributed by atoms with Gasteiger partial charge >= 0.3 is 0 Å². The molecule has 1 saturated heterocycles. The lowest BCUT2D eigenvalue weighted by atomic mass is 9.85. The third-order valence-electron chi connectivity index (χ3n) is 3.65. The van der Waals surface area contributed by atoms with Gasteiger partial charge in [0, 0.05) is 25.9 Å². The van der Waals surface area contributed by atoms with E-state index in [1.807, 2.05) is 12.4 Å². The summed E-state index contributed by atoms with van der Waals surface area (Å²) in [6.07, 6.45) is 7.61. The number of rotatable bonds is 3. The molecule has 0 amide bonds. The number of aromatic nitrogens is 2. The molecule has 0 aliphatic carbocycles. The zero-order valence-electron chi connectivity index (χ0n) is 9.74. The third-order valence-corrected chi connectivity index (χ3v) is 3.65. The quantitative estimate of drug-likeness (QED) is 0.816. The van der Waals surface area contributed by atoms with E-state index in [1.54, 1.807) is 0 Å². The summed E-state index contributed by atoms with van der Waals surface area (Å²) in [6.45, 7) is 4.76. The second-order valence-electron chi connectivity index (χ2n) is 4.72. The summed E-state index contributed by atoms with van der Waals surface area (Å²) < 4.78 is 2.13. The van der Waals surface area contributed by atoms with Crippen molar-refractivity contribution in [3.8, 4) is 0 Å². The van der Waals surface area contributed by atoms with Crippen molar-refractivity contribution in [1.82, 2.24) is 14.9 Å². The Kier molecular flexibility index (Phi) is 3.41. The Morgan fingerprint density at radius 3 is 3.13 bits per heavy atom. The smallest absolute Gasteiger partial charge is 0.108 e. The SMILES string of the molecule is CC1CCNCC1CCc1nccn1C. The number of aryl methyl sites for hydroxylation is 2. The maximum Gasteiger partial charge on any atom is 0.108 e. The van der Waals surface area contributed by atoms with E-state index < -0.39 is 0 Å². The van der Waals surface area contributed by atoms with Crippen LogP contribution in [0.4, 0.5) is 0 Å². The first kappa shape index (κ1) is 10.7. The van der Waals surface area contributed by atoms with Crippen LogP contribution in [0.1, 0.15) is 25.6 Å². The number of imidazole rings is 1. The van der Waals surface area contributed by atoms with E-state index in [4.69, 9.17) is 0 Å². The van der Waals surface area contributed by atoms with Crippen LogP contribution in [-0.4, -0.2) is 22.6 Å². The molecule has 0 aromatic carbocycles. The van der Waals surface area contributed by atoms with E-state index in [9.17, 15) is 0 Å². The van der Waals surface area contributed by atoms with E-state index in [0.717, 1.165) is 18.3 Å². The normalized spacial score (nSPS) is 26.8. The maximum absolute atomic E-state index is 4.37. The Morgan fingerprint density at radius 2 is 2.47 bits per heavy atom. The van der Waals surface area contributed by atoms with Crippen molar-refractivity contribution in [2.24, 2.45) is 18.9 Å². The van der Waals surface area contributed by atoms with Crippen molar-refractivity contribution >= 4 is 0 Å². The number of hydrogen-bond donors (Lipinski definition) is 1. The molecule has 2 heterocycles. The first-order valence-corrected chi connectivity index (χ1v) is 5.94. The minimum atomic E-state index is 0.829. The van der Waals surface area contributed by atoms with Crippen molar-refractivity contribution in [3.05, 3.63) is 18.2 Å². The van der Waals surface area contributed by atoms with Crippen molar-refractivity contribution < 1.29 is 0 Å². The first-order chi connectivity index (χ1) is 7.27. The fourth-order valence-corrected chi connectivity index (χ4v) is 2.39. The summed E-state index contributed by atoms with van der Waals surface area (Å²) in [4.78, 5) is 4.37. The Bertz CT molecular complexity index is 306. The van der Waals surface area contributed by atoms with Crippen molar-refractivity contribution in [3.63, 3.8) is 0 Å². The number of nitrogens with one attached hydrogen (secondary N) is 1. The molecule has 1 aliphatic heterocycles. The van der Waals surface area contributed by atoms with Gasteiger partial charge in [-0.1, -0.05) is 6.92 Å². The van der Waals surface area contributed by atoms with Crippen LogP contribution in [-0.2, 0) is 13.5 Å². The topological polar surface area (TPSA) is 29.9 Å². The monoisotopic (exact) mass is 207 g/mol. The maximum atomic E-state index is 4.37. The number of nitrogens with zero attached hydrogens (tertiary/aromatic N) is 2. The molecule has 3 nitrogen and oxygen atoms in total. The van der Waals surface area contributed by atoms with Gasteiger partial charge < -0.3 is 9.88 Å². The summed E-state index contributed by atoms with van der Waals surface area (Å²) in [6, 6.07) is 0. The molecule has 0 bridgehead atoms. The molecule has 3 heteroatoms. The average Bonchev–Trinajstić information content (AvgIpc) is 2.63. The summed E-state index contributed by atoms with van der Waals surface area (Å²) in [5.41, 5.74) is 0. The van der Waals surface area contributed by atoms with Crippen LogP contribution in [0.25, 0.3) is 0 Å². The van der Waals surface area contributed by atoms with Crippen LogP contribution in [0.15, 0.2) is 12.4 Å². The molecule has 15 heavy (non-hydrogen) atoms. The summed E-state index contributed by atoms with van der Waals surface area (Å²) in [5.74, 6) is 2.91. The van der Waals surface area contributed by atoms with E-state index in [2.05, 4.69) is 28.8 Å². The minimum Gasteiger partial charge on any atom is -0.338 e. The highest BCUT2D eigenvalue weighted by Gasteiger charge is 2.20. The van der Waals surface area contributed by atoms with Gasteiger partial charge in [0.05, 0.1) is 0 Å². The molecule has 1 fully saturated rings. The van der Waals surface area contributed by atoms with E-state index in [0.29, 0.717) is 0 Å². The van der Waals surface area contributed by atoms with Gasteiger partial charge in [-0.3, -0.25) is 0 Å². The van der Waals surface area contributed by atoms with Gasteiger partial charge in [0.1, 0.15) is 5.82 Å². The Balaban J connectivity index is 1.84. The predicted molar refractivity (Wildman–Crippen MR) is 61.7 cm³/mol. The van der Waals surface area contributed by atoms with Crippen LogP contribution in [0.3, 0.4) is 0 Å². The van der Waals surface area contributed by atoms with Crippen molar-refractivity contribution in [2.45, 2.75) is 26.2 Å². The summed E-state index contributed by atoms with van der Waals surface area (Å²) >= 11 is 0. The Morgan fingerprint density at radius 1 is 1.60 bits per heavy atom. The molecule has 0 radical (unpaired) electrons. The van der Waals surface area contributed by atoms with Gasteiger partial charge in [0.2, 0.25) is 0 Å². The number of hydrogen-bond acceptors (Lipinski definition) is 2. The molecule has 2 atom stereocenters. The van der Waals surface area contributed by atoms with E-state index in [1.165, 1.54) is 31.8 Å². The number of piperidine rings is 1. The van der Waals surface area contributed by atoms with E-state index >= 15 is 0 Å². The molecule has 2 rings (SSSR count). The van der Waals surface area contributed by atoms with Crippen LogP contribution in [0.5, 0.6) is 0 Å². The van der Waals surface area contributed by atoms with Crippen LogP contribution < -0.4 is 5.32 Å². The predicted octanol–water partition coefficient (Wildman–Crippen LogP) is 1.60. The first-order valence-electron chi connectivity index (χ1n) is 5.94. The van der Waals surface area contributed by atoms with Gasteiger partial charge in [-0.05, 0) is 37.8 Å². The van der Waals surface area contributed by atoms with Crippen molar-refractivity contribution in [1.29, 1.82) is 0 Å². The van der Waals surface area contributed by atoms with Gasteiger partial charge in [0.25, 0.3) is 0 Å². The van der Waals surface area contributed by atoms with Crippen LogP contribution in [0.2, 0.25) is 0 Å². The van der Waals surface area contributed by atoms with Gasteiger partial charge in [0.15, 0.2) is 0 Å². The Hall–Kier alpha value is -0.830. The van der Waals surface area contributed by atoms with E-state index in [-0.39, 0.29) is 0 Å². The third kappa shape index (κ3) is 2.59. The molecule has 2 unspecified atom stereocenters. The lowest BCUT2D eigenvalue weighted by Crippen LogP contribution is -2.35. The zero-order valence-corrected chi connectivity index (χ0v) is 9.74. The lowest BCUT2D eigenvalue weighted by Gasteiger charge is -2.29. The molecule has 1 aliphatic rings. The van der Waals surface area contributed by atoms with Gasteiger partial charge in [-0.25, -0.2) is 4.98 Å². The average molecular weight is 207 g/mol. The highest BCUT2D eigenvalue weighted by Crippen LogP contribution is 2.22. The fraction of sp³-hybridized carbons (Fsp3) is 0.750. The Labute approximate surface area is 91.9 Å². The van der Waals surface area contributed by atoms with Gasteiger partial charge in [-0.15, -0.1) is 0 Å². The summed E-state index contributed by atoms with van der Waals surface area (Å²) in [7, 11) is 2.07. The van der Waals surface area contributed by atoms with Gasteiger partial charge in [-0.2, -0.15) is 0 Å². The minimum absolute atomic E-state index is 0.829. The molecule has 1 aromatic heterocycles. The largest absolute Gasteiger partial charge is 0.338 e. The molecule has 0 saturated carbocycles. The molecule has 1 N–H and O–H groups in total. The lowest BCUT2D eigenvalue weighted by molar-refractivity contribution is 0.258. The van der Waals surface area contributed by atoms with Crippen LogP contribution in [0, 0.1) is 11.8 Å². The summed E-state index contributed by atoms with van der Waals surface area (Å²) in [5, 5.41) is 3.48. The zero-order chi connectivity index (χ0) is 10.7. The second kappa shape index (κ2) is 4.79. The standard InChI is InChI=1S/C12H21N3/c1-10-5-6-13-9-11(10)3-4-12-14-7-8-15(12)2/h7-8,10-11,13H,3-6,9H2,1-2H3. The molecular formula is C12H21N3. The van der Waals surface area contributed by atoms with Crippen molar-refractivity contribution in [2.75, 3.05) is 13.1 Å². The van der Waals surface area contributed by atoms with Crippen LogP contribution >= 0.6 is 0 Å².